The highest BCUT2D eigenvalue weighted by Crippen LogP contribution is 2.28. The lowest BCUT2D eigenvalue weighted by Gasteiger charge is -2.15. The summed E-state index contributed by atoms with van der Waals surface area (Å²) in [7, 11) is 3.44. The molecule has 2 aromatic rings. The highest BCUT2D eigenvalue weighted by atomic mass is 127. The number of ether oxygens (including phenoxy) is 2. The van der Waals surface area contributed by atoms with Crippen LogP contribution in [0.5, 0.6) is 11.5 Å². The van der Waals surface area contributed by atoms with Crippen LogP contribution < -0.4 is 20.1 Å². The molecule has 0 unspecified atom stereocenters. The number of amides is 1. The summed E-state index contributed by atoms with van der Waals surface area (Å²) in [6.07, 6.45) is 3.16. The monoisotopic (exact) mass is 558 g/mol. The van der Waals surface area contributed by atoms with E-state index < -0.39 is 0 Å². The van der Waals surface area contributed by atoms with Crippen molar-refractivity contribution in [2.45, 2.75) is 26.7 Å². The molecule has 178 valence electrons. The number of guanidine groups is 1. The van der Waals surface area contributed by atoms with Crippen LogP contribution in [0.1, 0.15) is 25.2 Å². The van der Waals surface area contributed by atoms with E-state index in [-0.39, 0.29) is 36.4 Å². The van der Waals surface area contributed by atoms with E-state index in [0.717, 1.165) is 35.7 Å². The van der Waals surface area contributed by atoms with Gasteiger partial charge in [-0.15, -0.1) is 24.0 Å². The Morgan fingerprint density at radius 3 is 2.34 bits per heavy atom. The van der Waals surface area contributed by atoms with Gasteiger partial charge in [0.15, 0.2) is 17.5 Å². The number of nitrogens with one attached hydrogen (secondary N) is 2. The fraction of sp³-hybridized carbons (Fsp3) is 0.478. The maximum absolute atomic E-state index is 11.9. The van der Waals surface area contributed by atoms with Gasteiger partial charge in [-0.2, -0.15) is 0 Å². The van der Waals surface area contributed by atoms with Crippen molar-refractivity contribution < 1.29 is 18.7 Å². The van der Waals surface area contributed by atoms with Gasteiger partial charge < -0.3 is 29.4 Å². The molecule has 8 nitrogen and oxygen atoms in total. The molecule has 0 aliphatic rings. The highest BCUT2D eigenvalue weighted by Gasteiger charge is 2.08. The normalized spacial score (nSPS) is 10.8. The van der Waals surface area contributed by atoms with Gasteiger partial charge >= 0.3 is 0 Å². The van der Waals surface area contributed by atoms with Crippen molar-refractivity contribution >= 4 is 35.8 Å². The summed E-state index contributed by atoms with van der Waals surface area (Å²) in [5.74, 6) is 2.95. The Morgan fingerprint density at radius 2 is 1.72 bits per heavy atom. The second-order valence-corrected chi connectivity index (χ2v) is 7.03. The third-order valence-electron chi connectivity index (χ3n) is 4.43. The maximum Gasteiger partial charge on any atom is 0.243 e. The van der Waals surface area contributed by atoms with Gasteiger partial charge in [-0.05, 0) is 50.1 Å². The predicted molar refractivity (Wildman–Crippen MR) is 137 cm³/mol. The van der Waals surface area contributed by atoms with E-state index >= 15 is 0 Å². The van der Waals surface area contributed by atoms with E-state index in [4.69, 9.17) is 13.9 Å². The van der Waals surface area contributed by atoms with Gasteiger partial charge in [-0.1, -0.05) is 6.07 Å². The quantitative estimate of drug-likeness (QED) is 0.237. The number of benzene rings is 1. The first-order valence-electron chi connectivity index (χ1n) is 10.7. The van der Waals surface area contributed by atoms with Crippen molar-refractivity contribution in [1.29, 1.82) is 0 Å². The van der Waals surface area contributed by atoms with E-state index in [0.29, 0.717) is 32.3 Å². The van der Waals surface area contributed by atoms with Crippen molar-refractivity contribution in [3.63, 3.8) is 0 Å². The molecule has 1 amide bonds. The number of rotatable bonds is 12. The molecule has 32 heavy (non-hydrogen) atoms. The Bertz CT molecular complexity index is 825. The molecule has 1 heterocycles. The second kappa shape index (κ2) is 15.4. The molecular weight excluding hydrogens is 523 g/mol. The van der Waals surface area contributed by atoms with Crippen LogP contribution in [0.15, 0.2) is 46.0 Å². The van der Waals surface area contributed by atoms with Gasteiger partial charge in [0.1, 0.15) is 12.3 Å². The van der Waals surface area contributed by atoms with Crippen LogP contribution in [0.2, 0.25) is 0 Å². The van der Waals surface area contributed by atoms with Crippen LogP contribution in [0, 0.1) is 0 Å². The van der Waals surface area contributed by atoms with Crippen molar-refractivity contribution in [2.24, 2.45) is 4.99 Å². The van der Waals surface area contributed by atoms with Gasteiger partial charge in [0.2, 0.25) is 5.91 Å². The summed E-state index contributed by atoms with van der Waals surface area (Å²) in [6, 6.07) is 9.78. The minimum absolute atomic E-state index is 0. The third-order valence-corrected chi connectivity index (χ3v) is 4.43. The molecule has 1 aromatic carbocycles. The average Bonchev–Trinajstić information content (AvgIpc) is 3.27. The molecule has 9 heteroatoms. The SMILES string of the molecule is CCOc1ccc(CCNC(=NCC(=O)N(C)C)NCCc2ccco2)cc1OCC.I. The summed E-state index contributed by atoms with van der Waals surface area (Å²) in [5, 5.41) is 6.56. The average molecular weight is 558 g/mol. The topological polar surface area (TPSA) is 88.3 Å². The van der Waals surface area contributed by atoms with Crippen LogP contribution in [0.25, 0.3) is 0 Å². The molecule has 0 saturated carbocycles. The maximum atomic E-state index is 11.9. The molecule has 0 atom stereocenters. The molecule has 0 fully saturated rings. The lowest BCUT2D eigenvalue weighted by molar-refractivity contribution is -0.127. The standard InChI is InChI=1S/C23H34N4O4.HI/c1-5-29-20-10-9-18(16-21(20)30-6-2)11-13-24-23(26-17-22(28)27(3)4)25-14-12-19-8-7-15-31-19;/h7-10,15-16H,5-6,11-14,17H2,1-4H3,(H2,24,25,26);1H. The molecule has 2 N–H and O–H groups in total. The third kappa shape index (κ3) is 9.80. The van der Waals surface area contributed by atoms with E-state index in [9.17, 15) is 4.79 Å². The Morgan fingerprint density at radius 1 is 1.03 bits per heavy atom. The first kappa shape index (κ1) is 27.6. The summed E-state index contributed by atoms with van der Waals surface area (Å²) in [5.41, 5.74) is 1.12. The Balaban J connectivity index is 0.00000512. The van der Waals surface area contributed by atoms with Crippen molar-refractivity contribution in [2.75, 3.05) is 46.9 Å². The largest absolute Gasteiger partial charge is 0.490 e. The fourth-order valence-electron chi connectivity index (χ4n) is 2.80. The molecule has 1 aromatic heterocycles. The molecule has 0 radical (unpaired) electrons. The van der Waals surface area contributed by atoms with Crippen LogP contribution in [0.4, 0.5) is 0 Å². The number of nitrogens with zero attached hydrogens (tertiary/aromatic N) is 2. The Labute approximate surface area is 207 Å². The number of furan rings is 1. The van der Waals surface area contributed by atoms with E-state index in [1.165, 1.54) is 4.90 Å². The van der Waals surface area contributed by atoms with Crippen LogP contribution >= 0.6 is 24.0 Å². The predicted octanol–water partition coefficient (Wildman–Crippen LogP) is 3.10. The van der Waals surface area contributed by atoms with Crippen molar-refractivity contribution in [1.82, 2.24) is 15.5 Å². The molecular formula is C23H35IN4O4. The van der Waals surface area contributed by atoms with Crippen molar-refractivity contribution in [3.05, 3.63) is 47.9 Å². The summed E-state index contributed by atoms with van der Waals surface area (Å²) < 4.78 is 16.7. The van der Waals surface area contributed by atoms with Crippen LogP contribution in [-0.4, -0.2) is 63.7 Å². The minimum atomic E-state index is -0.0556. The van der Waals surface area contributed by atoms with Crippen LogP contribution in [0.3, 0.4) is 0 Å². The van der Waals surface area contributed by atoms with Gasteiger partial charge in [0.25, 0.3) is 0 Å². The van der Waals surface area contributed by atoms with Crippen LogP contribution in [-0.2, 0) is 17.6 Å². The number of halogens is 1. The molecule has 0 spiro atoms. The molecule has 0 aliphatic heterocycles. The van der Waals surface area contributed by atoms with Gasteiger partial charge in [-0.25, -0.2) is 4.99 Å². The number of aliphatic imine (C=N–C) groups is 1. The summed E-state index contributed by atoms with van der Waals surface area (Å²) in [4.78, 5) is 17.8. The first-order valence-corrected chi connectivity index (χ1v) is 10.7. The van der Waals surface area contributed by atoms with E-state index in [1.54, 1.807) is 20.4 Å². The number of hydrogen-bond acceptors (Lipinski definition) is 5. The number of carbonyl (C=O) groups excluding carboxylic acids is 1. The van der Waals surface area contributed by atoms with Crippen molar-refractivity contribution in [3.8, 4) is 11.5 Å². The smallest absolute Gasteiger partial charge is 0.243 e. The summed E-state index contributed by atoms with van der Waals surface area (Å²) in [6.45, 7) is 6.47. The highest BCUT2D eigenvalue weighted by molar-refractivity contribution is 14.0. The Hall–Kier alpha value is -2.43. The minimum Gasteiger partial charge on any atom is -0.490 e. The van der Waals surface area contributed by atoms with E-state index in [2.05, 4.69) is 15.6 Å². The molecule has 2 rings (SSSR count). The summed E-state index contributed by atoms with van der Waals surface area (Å²) >= 11 is 0. The zero-order chi connectivity index (χ0) is 22.5. The zero-order valence-corrected chi connectivity index (χ0v) is 21.7. The second-order valence-electron chi connectivity index (χ2n) is 7.03. The first-order chi connectivity index (χ1) is 15.0. The number of likely N-dealkylation sites (N-methyl/N-ethyl adjacent to an activating group) is 1. The van der Waals surface area contributed by atoms with Gasteiger partial charge in [0, 0.05) is 33.6 Å². The van der Waals surface area contributed by atoms with Gasteiger partial charge in [-0.3, -0.25) is 4.79 Å². The van der Waals surface area contributed by atoms with E-state index in [1.807, 2.05) is 44.2 Å². The fourth-order valence-corrected chi connectivity index (χ4v) is 2.80. The molecule has 0 saturated heterocycles. The van der Waals surface area contributed by atoms with Gasteiger partial charge in [0.05, 0.1) is 19.5 Å². The number of hydrogen-bond donors (Lipinski definition) is 2. The number of carbonyl (C=O) groups is 1. The Kier molecular flexibility index (Phi) is 13.3. The molecule has 0 aliphatic carbocycles. The molecule has 0 bridgehead atoms. The zero-order valence-electron chi connectivity index (χ0n) is 19.3. The lowest BCUT2D eigenvalue weighted by atomic mass is 10.1. The lowest BCUT2D eigenvalue weighted by Crippen LogP contribution is -2.40.